The molecular weight excluding hydrogens is 432 g/mol. The van der Waals surface area contributed by atoms with Crippen LogP contribution in [-0.2, 0) is 10.2 Å². The van der Waals surface area contributed by atoms with Crippen LogP contribution in [0, 0.1) is 5.92 Å². The Morgan fingerprint density at radius 2 is 1.60 bits per heavy atom. The summed E-state index contributed by atoms with van der Waals surface area (Å²) in [6.07, 6.45) is 1.14. The first kappa shape index (κ1) is 21.8. The van der Waals surface area contributed by atoms with E-state index >= 15 is 0 Å². The number of para-hydroxylation sites is 2. The second-order valence-corrected chi connectivity index (χ2v) is 10.2. The molecule has 2 atom stereocenters. The zero-order chi connectivity index (χ0) is 24.5. The molecule has 2 heterocycles. The predicted octanol–water partition coefficient (Wildman–Crippen LogP) is 5.09. The van der Waals surface area contributed by atoms with E-state index in [4.69, 9.17) is 0 Å². The molecule has 1 N–H and O–H groups in total. The number of rotatable bonds is 2. The number of carbonyl (C=O) groups excluding carboxylic acids is 1. The minimum absolute atomic E-state index is 0.00121. The Balaban J connectivity index is 1.46. The number of anilines is 1. The lowest BCUT2D eigenvalue weighted by molar-refractivity contribution is -0.400. The predicted molar refractivity (Wildman–Crippen MR) is 140 cm³/mol. The van der Waals surface area contributed by atoms with Crippen LogP contribution in [0.1, 0.15) is 30.5 Å². The topological polar surface area (TPSA) is 43.5 Å². The van der Waals surface area contributed by atoms with E-state index in [2.05, 4.69) is 59.7 Å². The average molecular weight is 462 g/mol. The smallest absolute Gasteiger partial charge is 0.221 e. The molecule has 174 valence electrons. The number of aliphatic hydroxyl groups is 1. The van der Waals surface area contributed by atoms with Crippen LogP contribution in [0.5, 0.6) is 0 Å². The molecule has 0 aromatic heterocycles. The van der Waals surface area contributed by atoms with Crippen LogP contribution in [0.15, 0.2) is 96.2 Å². The van der Waals surface area contributed by atoms with Crippen molar-refractivity contribution in [3.8, 4) is 0 Å². The van der Waals surface area contributed by atoms with Gasteiger partial charge in [-0.15, -0.1) is 0 Å². The van der Waals surface area contributed by atoms with Gasteiger partial charge in [0, 0.05) is 41.1 Å². The van der Waals surface area contributed by atoms with Crippen molar-refractivity contribution in [2.45, 2.75) is 25.4 Å². The molecule has 2 unspecified atom stereocenters. The quantitative estimate of drug-likeness (QED) is 0.427. The lowest BCUT2D eigenvalue weighted by Gasteiger charge is -2.35. The van der Waals surface area contributed by atoms with Crippen molar-refractivity contribution in [2.75, 3.05) is 19.0 Å². The molecule has 4 heteroatoms. The maximum absolute atomic E-state index is 13.7. The molecule has 1 aliphatic carbocycles. The van der Waals surface area contributed by atoms with Gasteiger partial charge in [-0.1, -0.05) is 68.5 Å². The van der Waals surface area contributed by atoms with Crippen LogP contribution in [0.3, 0.4) is 0 Å². The number of hydrogen-bond acceptors (Lipinski definition) is 3. The number of nitrogens with zero attached hydrogens (tertiary/aromatic N) is 2. The van der Waals surface area contributed by atoms with Gasteiger partial charge in [0.15, 0.2) is 5.78 Å². The first-order valence-electron chi connectivity index (χ1n) is 12.1. The molecule has 2 aliphatic heterocycles. The van der Waals surface area contributed by atoms with Crippen LogP contribution in [0.4, 0.5) is 11.4 Å². The number of fused-ring (bicyclic) bond motifs is 2. The summed E-state index contributed by atoms with van der Waals surface area (Å²) in [5, 5.41) is 11.4. The monoisotopic (exact) mass is 461 g/mol. The summed E-state index contributed by atoms with van der Waals surface area (Å²) < 4.78 is 2.13. The highest BCUT2D eigenvalue weighted by Gasteiger charge is 2.50. The number of likely N-dealkylation sites (N-methyl/N-ethyl adjacent to an activating group) is 1. The van der Waals surface area contributed by atoms with Gasteiger partial charge < -0.3 is 10.0 Å². The van der Waals surface area contributed by atoms with Crippen LogP contribution in [-0.4, -0.2) is 41.4 Å². The molecule has 1 saturated carbocycles. The number of hydrogen-bond donors (Lipinski definition) is 1. The molecule has 6 rings (SSSR count). The van der Waals surface area contributed by atoms with Gasteiger partial charge in [-0.25, -0.2) is 0 Å². The minimum Gasteiger partial charge on any atom is -0.387 e. The van der Waals surface area contributed by atoms with Crippen molar-refractivity contribution in [3.63, 3.8) is 0 Å². The largest absolute Gasteiger partial charge is 0.387 e. The molecule has 35 heavy (non-hydrogen) atoms. The fraction of sp³-hybridized carbons (Fsp3) is 0.226. The molecule has 3 aliphatic rings. The van der Waals surface area contributed by atoms with E-state index in [0.29, 0.717) is 5.57 Å². The van der Waals surface area contributed by atoms with Crippen molar-refractivity contribution >= 4 is 28.4 Å². The fourth-order valence-corrected chi connectivity index (χ4v) is 6.06. The Bertz CT molecular complexity index is 1480. The summed E-state index contributed by atoms with van der Waals surface area (Å²) >= 11 is 0. The normalized spacial score (nSPS) is 25.7. The Kier molecular flexibility index (Phi) is 4.74. The zero-order valence-electron chi connectivity index (χ0n) is 20.5. The van der Waals surface area contributed by atoms with Crippen molar-refractivity contribution < 1.29 is 14.5 Å². The highest BCUT2D eigenvalue weighted by atomic mass is 16.3. The van der Waals surface area contributed by atoms with Gasteiger partial charge in [0.2, 0.25) is 11.4 Å². The molecule has 0 bridgehead atoms. The van der Waals surface area contributed by atoms with Gasteiger partial charge in [0.05, 0.1) is 23.2 Å². The third kappa shape index (κ3) is 2.96. The van der Waals surface area contributed by atoms with Crippen molar-refractivity contribution in [1.29, 1.82) is 0 Å². The maximum Gasteiger partial charge on any atom is 0.221 e. The van der Waals surface area contributed by atoms with Crippen LogP contribution in [0.25, 0.3) is 5.57 Å². The Morgan fingerprint density at radius 3 is 2.31 bits per heavy atom. The molecule has 0 spiro atoms. The SMILES string of the molecule is CN1C(=CC2C(=O)C(=C3C(c4ccccc4)=[N+](C)c4ccccc43)C2O)C(C)(C)c2ccccc21. The van der Waals surface area contributed by atoms with Crippen LogP contribution in [0.2, 0.25) is 0 Å². The number of allylic oxidation sites excluding steroid dienone is 2. The Labute approximate surface area is 206 Å². The van der Waals surface area contributed by atoms with Crippen LogP contribution >= 0.6 is 0 Å². The van der Waals surface area contributed by atoms with E-state index in [1.807, 2.05) is 62.6 Å². The molecule has 0 saturated heterocycles. The van der Waals surface area contributed by atoms with E-state index in [9.17, 15) is 9.90 Å². The number of Topliss-reactive ketones (excluding diaryl/α,β-unsaturated/α-hetero) is 1. The third-order valence-electron chi connectivity index (χ3n) is 7.91. The summed E-state index contributed by atoms with van der Waals surface area (Å²) in [4.78, 5) is 15.9. The second kappa shape index (κ2) is 7.62. The highest BCUT2D eigenvalue weighted by Crippen LogP contribution is 2.49. The molecule has 3 aromatic carbocycles. The van der Waals surface area contributed by atoms with Gasteiger partial charge >= 0.3 is 0 Å². The van der Waals surface area contributed by atoms with Gasteiger partial charge in [0.25, 0.3) is 0 Å². The number of ketones is 1. The minimum atomic E-state index is -0.851. The molecule has 0 amide bonds. The standard InChI is InChI=1S/C31H29N2O2/c1-31(2)22-15-9-11-17-24(22)32(3)25(31)18-21-29(34)27(30(21)35)26-20-14-8-10-16-23(20)33(4)28(26)19-12-6-5-7-13-19/h5-18,21,29,34H,1-4H3/q+1. The first-order valence-corrected chi connectivity index (χ1v) is 12.1. The number of aliphatic hydroxyl groups excluding tert-OH is 1. The lowest BCUT2D eigenvalue weighted by Crippen LogP contribution is -2.46. The Morgan fingerprint density at radius 1 is 0.943 bits per heavy atom. The van der Waals surface area contributed by atoms with Crippen molar-refractivity contribution in [3.05, 3.63) is 113 Å². The molecule has 3 aromatic rings. The van der Waals surface area contributed by atoms with E-state index in [1.54, 1.807) is 0 Å². The van der Waals surface area contributed by atoms with Gasteiger partial charge in [-0.3, -0.25) is 4.79 Å². The summed E-state index contributed by atoms with van der Waals surface area (Å²) in [5.41, 5.74) is 8.59. The van der Waals surface area contributed by atoms with Gasteiger partial charge in [0.1, 0.15) is 7.05 Å². The van der Waals surface area contributed by atoms with Crippen molar-refractivity contribution in [2.24, 2.45) is 5.92 Å². The fourth-order valence-electron chi connectivity index (χ4n) is 6.06. The zero-order valence-corrected chi connectivity index (χ0v) is 20.5. The molecular formula is C31H29N2O2+. The molecule has 4 nitrogen and oxygen atoms in total. The summed E-state index contributed by atoms with van der Waals surface area (Å²) in [5.74, 6) is -0.558. The highest BCUT2D eigenvalue weighted by molar-refractivity contribution is 6.37. The first-order chi connectivity index (χ1) is 16.8. The van der Waals surface area contributed by atoms with E-state index in [0.717, 1.165) is 39.5 Å². The summed E-state index contributed by atoms with van der Waals surface area (Å²) in [7, 11) is 4.06. The maximum atomic E-state index is 13.7. The number of carbonyl (C=O) groups is 1. The van der Waals surface area contributed by atoms with Crippen molar-refractivity contribution in [1.82, 2.24) is 0 Å². The van der Waals surface area contributed by atoms with E-state index < -0.39 is 12.0 Å². The number of benzene rings is 3. The molecule has 0 radical (unpaired) electrons. The summed E-state index contributed by atoms with van der Waals surface area (Å²) in [6.45, 7) is 4.36. The van der Waals surface area contributed by atoms with E-state index in [1.165, 1.54) is 5.56 Å². The Hall–Kier alpha value is -3.76. The van der Waals surface area contributed by atoms with Crippen LogP contribution < -0.4 is 4.90 Å². The van der Waals surface area contributed by atoms with Gasteiger partial charge in [-0.2, -0.15) is 4.58 Å². The molecule has 1 fully saturated rings. The average Bonchev–Trinajstić information content (AvgIpc) is 3.26. The van der Waals surface area contributed by atoms with Gasteiger partial charge in [-0.05, 0) is 29.8 Å². The lowest BCUT2D eigenvalue weighted by atomic mass is 9.69. The third-order valence-corrected chi connectivity index (χ3v) is 7.91. The van der Waals surface area contributed by atoms with E-state index in [-0.39, 0.29) is 11.2 Å². The summed E-state index contributed by atoms with van der Waals surface area (Å²) in [6, 6.07) is 26.6. The second-order valence-electron chi connectivity index (χ2n) is 10.2.